The molecule has 0 aliphatic rings. The molecule has 0 amide bonds. The number of rotatable bonds is 18. The summed E-state index contributed by atoms with van der Waals surface area (Å²) < 4.78 is 5.20. The average molecular weight is 353 g/mol. The Bertz CT molecular complexity index is 322. The summed E-state index contributed by atoms with van der Waals surface area (Å²) in [5.74, 6) is 0.202. The molecule has 1 unspecified atom stereocenters. The fourth-order valence-electron chi connectivity index (χ4n) is 3.11. The molecule has 0 heterocycles. The van der Waals surface area contributed by atoms with Crippen LogP contribution in [-0.4, -0.2) is 12.6 Å². The predicted octanol–water partition coefficient (Wildman–Crippen LogP) is 7.61. The van der Waals surface area contributed by atoms with E-state index in [9.17, 15) is 4.79 Å². The Morgan fingerprint density at radius 3 is 1.60 bits per heavy atom. The number of carbonyl (C=O) groups excluding carboxylic acids is 1. The van der Waals surface area contributed by atoms with Crippen LogP contribution in [0.1, 0.15) is 117 Å². The lowest BCUT2D eigenvalue weighted by atomic mass is 10.0. The van der Waals surface area contributed by atoms with Crippen LogP contribution < -0.4 is 0 Å². The van der Waals surface area contributed by atoms with Gasteiger partial charge in [-0.2, -0.15) is 0 Å². The highest BCUT2D eigenvalue weighted by Gasteiger charge is 2.07. The van der Waals surface area contributed by atoms with Gasteiger partial charge in [-0.05, 0) is 19.3 Å². The summed E-state index contributed by atoms with van der Waals surface area (Å²) in [5, 5.41) is 0. The van der Waals surface area contributed by atoms with Crippen molar-refractivity contribution in [3.05, 3.63) is 12.2 Å². The first-order valence-electron chi connectivity index (χ1n) is 10.9. The molecule has 1 atom stereocenters. The Balaban J connectivity index is 3.20. The molecule has 0 saturated carbocycles. The molecule has 0 N–H and O–H groups in total. The summed E-state index contributed by atoms with van der Waals surface area (Å²) in [5.41, 5.74) is 0.490. The van der Waals surface area contributed by atoms with E-state index >= 15 is 0 Å². The molecular formula is C23H44O2. The van der Waals surface area contributed by atoms with Gasteiger partial charge in [-0.25, -0.2) is 4.79 Å². The lowest BCUT2D eigenvalue weighted by molar-refractivity contribution is -0.140. The lowest BCUT2D eigenvalue weighted by Gasteiger charge is -2.11. The Kier molecular flexibility index (Phi) is 17.4. The summed E-state index contributed by atoms with van der Waals surface area (Å²) in [7, 11) is 0. The first-order chi connectivity index (χ1) is 12.1. The number of carbonyl (C=O) groups is 1. The third-order valence-corrected chi connectivity index (χ3v) is 4.90. The summed E-state index contributed by atoms with van der Waals surface area (Å²) in [6.07, 6.45) is 20.7. The van der Waals surface area contributed by atoms with Crippen molar-refractivity contribution in [1.29, 1.82) is 0 Å². The van der Waals surface area contributed by atoms with Crippen molar-refractivity contribution in [2.75, 3.05) is 6.61 Å². The van der Waals surface area contributed by atoms with E-state index in [-0.39, 0.29) is 5.97 Å². The fourth-order valence-corrected chi connectivity index (χ4v) is 3.11. The van der Waals surface area contributed by atoms with Crippen molar-refractivity contribution in [3.8, 4) is 0 Å². The van der Waals surface area contributed by atoms with E-state index in [1.54, 1.807) is 6.92 Å². The Labute approximate surface area is 157 Å². The maximum absolute atomic E-state index is 11.3. The zero-order chi connectivity index (χ0) is 18.8. The maximum Gasteiger partial charge on any atom is 0.333 e. The molecule has 25 heavy (non-hydrogen) atoms. The smallest absolute Gasteiger partial charge is 0.333 e. The van der Waals surface area contributed by atoms with Crippen LogP contribution in [0, 0.1) is 5.92 Å². The van der Waals surface area contributed by atoms with E-state index in [2.05, 4.69) is 20.4 Å². The maximum atomic E-state index is 11.3. The summed E-state index contributed by atoms with van der Waals surface area (Å²) >= 11 is 0. The van der Waals surface area contributed by atoms with Crippen molar-refractivity contribution in [2.24, 2.45) is 5.92 Å². The average Bonchev–Trinajstić information content (AvgIpc) is 2.59. The third kappa shape index (κ3) is 17.8. The molecule has 0 aromatic heterocycles. The van der Waals surface area contributed by atoms with Crippen molar-refractivity contribution >= 4 is 5.97 Å². The van der Waals surface area contributed by atoms with Crippen LogP contribution >= 0.6 is 0 Å². The molecule has 2 heteroatoms. The SMILES string of the molecule is C=C(C)C(=O)OCC(C)CCCCCCCCCCCCCCCC. The molecule has 0 aromatic carbocycles. The number of hydrogen-bond acceptors (Lipinski definition) is 2. The van der Waals surface area contributed by atoms with Crippen molar-refractivity contribution in [1.82, 2.24) is 0 Å². The van der Waals surface area contributed by atoms with Crippen molar-refractivity contribution in [2.45, 2.75) is 117 Å². The number of unbranched alkanes of at least 4 members (excludes halogenated alkanes) is 13. The highest BCUT2D eigenvalue weighted by molar-refractivity contribution is 5.86. The van der Waals surface area contributed by atoms with Crippen molar-refractivity contribution in [3.63, 3.8) is 0 Å². The number of hydrogen-bond donors (Lipinski definition) is 0. The molecule has 2 nitrogen and oxygen atoms in total. The fraction of sp³-hybridized carbons (Fsp3) is 0.870. The first kappa shape index (κ1) is 24.2. The van der Waals surface area contributed by atoms with Crippen LogP contribution in [0.2, 0.25) is 0 Å². The van der Waals surface area contributed by atoms with Gasteiger partial charge in [-0.3, -0.25) is 0 Å². The Morgan fingerprint density at radius 2 is 1.20 bits per heavy atom. The highest BCUT2D eigenvalue weighted by Crippen LogP contribution is 2.15. The quantitative estimate of drug-likeness (QED) is 0.144. The second-order valence-electron chi connectivity index (χ2n) is 7.87. The zero-order valence-electron chi connectivity index (χ0n) is 17.4. The molecule has 0 radical (unpaired) electrons. The van der Waals surface area contributed by atoms with Gasteiger partial charge in [0.15, 0.2) is 0 Å². The van der Waals surface area contributed by atoms with Crippen LogP contribution in [0.25, 0.3) is 0 Å². The molecule has 148 valence electrons. The zero-order valence-corrected chi connectivity index (χ0v) is 17.4. The van der Waals surface area contributed by atoms with Gasteiger partial charge in [0.05, 0.1) is 6.61 Å². The van der Waals surface area contributed by atoms with Gasteiger partial charge in [0.2, 0.25) is 0 Å². The van der Waals surface area contributed by atoms with Crippen LogP contribution in [0.5, 0.6) is 0 Å². The second-order valence-corrected chi connectivity index (χ2v) is 7.87. The monoisotopic (exact) mass is 352 g/mol. The van der Waals surface area contributed by atoms with E-state index in [4.69, 9.17) is 4.74 Å². The van der Waals surface area contributed by atoms with E-state index in [1.807, 2.05) is 0 Å². The minimum atomic E-state index is -0.257. The lowest BCUT2D eigenvalue weighted by Crippen LogP contribution is -2.12. The van der Waals surface area contributed by atoms with Gasteiger partial charge in [-0.15, -0.1) is 0 Å². The second kappa shape index (κ2) is 18.0. The normalized spacial score (nSPS) is 12.1. The van der Waals surface area contributed by atoms with Gasteiger partial charge >= 0.3 is 5.97 Å². The molecule has 0 aliphatic heterocycles. The van der Waals surface area contributed by atoms with E-state index < -0.39 is 0 Å². The largest absolute Gasteiger partial charge is 0.462 e. The molecule has 0 bridgehead atoms. The van der Waals surface area contributed by atoms with Crippen LogP contribution in [0.4, 0.5) is 0 Å². The molecule has 0 spiro atoms. The van der Waals surface area contributed by atoms with Gasteiger partial charge in [0.25, 0.3) is 0 Å². The highest BCUT2D eigenvalue weighted by atomic mass is 16.5. The standard InChI is InChI=1S/C23H44O2/c1-5-6-7-8-9-10-11-12-13-14-15-16-17-18-19-22(4)20-25-23(24)21(2)3/h22H,2,5-20H2,1,3-4H3. The third-order valence-electron chi connectivity index (χ3n) is 4.90. The minimum Gasteiger partial charge on any atom is -0.462 e. The Morgan fingerprint density at radius 1 is 0.800 bits per heavy atom. The Hall–Kier alpha value is -0.790. The molecule has 0 rings (SSSR count). The van der Waals surface area contributed by atoms with E-state index in [0.29, 0.717) is 18.1 Å². The van der Waals surface area contributed by atoms with E-state index in [0.717, 1.165) is 6.42 Å². The van der Waals surface area contributed by atoms with Crippen LogP contribution in [-0.2, 0) is 9.53 Å². The summed E-state index contributed by atoms with van der Waals surface area (Å²) in [6, 6.07) is 0. The number of ether oxygens (including phenoxy) is 1. The molecule has 0 saturated heterocycles. The number of esters is 1. The van der Waals surface area contributed by atoms with Crippen molar-refractivity contribution < 1.29 is 9.53 Å². The molecule has 0 fully saturated rings. The summed E-state index contributed by atoms with van der Waals surface area (Å²) in [6.45, 7) is 10.3. The van der Waals surface area contributed by atoms with Crippen LogP contribution in [0.15, 0.2) is 12.2 Å². The predicted molar refractivity (Wildman–Crippen MR) is 110 cm³/mol. The van der Waals surface area contributed by atoms with Gasteiger partial charge < -0.3 is 4.74 Å². The van der Waals surface area contributed by atoms with Gasteiger partial charge in [0.1, 0.15) is 0 Å². The summed E-state index contributed by atoms with van der Waals surface area (Å²) in [4.78, 5) is 11.3. The van der Waals surface area contributed by atoms with Crippen LogP contribution in [0.3, 0.4) is 0 Å². The van der Waals surface area contributed by atoms with Gasteiger partial charge in [0, 0.05) is 5.57 Å². The molecule has 0 aromatic rings. The molecule has 0 aliphatic carbocycles. The topological polar surface area (TPSA) is 26.3 Å². The first-order valence-corrected chi connectivity index (χ1v) is 10.9. The van der Waals surface area contributed by atoms with E-state index in [1.165, 1.54) is 89.9 Å². The minimum absolute atomic E-state index is 0.257. The molecular weight excluding hydrogens is 308 g/mol. The van der Waals surface area contributed by atoms with Gasteiger partial charge in [-0.1, -0.05) is 110 Å².